The van der Waals surface area contributed by atoms with Crippen molar-refractivity contribution in [2.24, 2.45) is 0 Å². The van der Waals surface area contributed by atoms with E-state index in [1.165, 1.54) is 42.5 Å². The zero-order chi connectivity index (χ0) is 22.6. The third kappa shape index (κ3) is 6.30. The van der Waals surface area contributed by atoms with Crippen molar-refractivity contribution in [2.45, 2.75) is 11.8 Å². The number of anilines is 3. The highest BCUT2D eigenvalue weighted by Gasteiger charge is 2.15. The number of carbonyl (C=O) groups excluding carboxylic acids is 1. The van der Waals surface area contributed by atoms with Crippen LogP contribution in [0.15, 0.2) is 77.7 Å². The molecule has 0 radical (unpaired) electrons. The summed E-state index contributed by atoms with van der Waals surface area (Å²) in [5.74, 6) is -0.467. The Labute approximate surface area is 181 Å². The minimum atomic E-state index is -3.78. The molecule has 0 bridgehead atoms. The van der Waals surface area contributed by atoms with Crippen LogP contribution < -0.4 is 14.8 Å². The summed E-state index contributed by atoms with van der Waals surface area (Å²) in [6.07, 6.45) is 1.02. The monoisotopic (exact) mass is 459 g/mol. The van der Waals surface area contributed by atoms with Crippen LogP contribution in [0.2, 0.25) is 0 Å². The summed E-state index contributed by atoms with van der Waals surface area (Å²) in [5.41, 5.74) is 2.28. The number of rotatable bonds is 7. The van der Waals surface area contributed by atoms with E-state index in [0.29, 0.717) is 11.4 Å². The Morgan fingerprint density at radius 3 is 1.97 bits per heavy atom. The molecular formula is C21H21N3O5S2. The first-order valence-electron chi connectivity index (χ1n) is 9.11. The average molecular weight is 460 g/mol. The van der Waals surface area contributed by atoms with Gasteiger partial charge >= 0.3 is 0 Å². The smallest absolute Gasteiger partial charge is 0.261 e. The molecule has 31 heavy (non-hydrogen) atoms. The third-order valence-electron chi connectivity index (χ3n) is 4.12. The van der Waals surface area contributed by atoms with E-state index in [0.717, 1.165) is 11.8 Å². The molecule has 0 heterocycles. The number of sulfonamides is 2. The molecule has 10 heteroatoms. The van der Waals surface area contributed by atoms with Gasteiger partial charge in [-0.05, 0) is 67.1 Å². The van der Waals surface area contributed by atoms with Gasteiger partial charge in [-0.15, -0.1) is 0 Å². The summed E-state index contributed by atoms with van der Waals surface area (Å²) in [7, 11) is -7.25. The van der Waals surface area contributed by atoms with Gasteiger partial charge in [0.25, 0.3) is 15.9 Å². The fraction of sp³-hybridized carbons (Fsp3) is 0.0952. The van der Waals surface area contributed by atoms with E-state index in [4.69, 9.17) is 0 Å². The van der Waals surface area contributed by atoms with E-state index in [-0.39, 0.29) is 16.1 Å². The first-order chi connectivity index (χ1) is 14.5. The predicted molar refractivity (Wildman–Crippen MR) is 121 cm³/mol. The molecule has 0 aliphatic carbocycles. The van der Waals surface area contributed by atoms with Crippen molar-refractivity contribution in [3.05, 3.63) is 83.9 Å². The van der Waals surface area contributed by atoms with Crippen molar-refractivity contribution < 1.29 is 21.6 Å². The summed E-state index contributed by atoms with van der Waals surface area (Å²) >= 11 is 0. The molecule has 3 rings (SSSR count). The molecule has 0 aliphatic rings. The molecule has 0 aromatic heterocycles. The summed E-state index contributed by atoms with van der Waals surface area (Å²) in [5, 5.41) is 2.65. The minimum absolute atomic E-state index is 0.0476. The highest BCUT2D eigenvalue weighted by molar-refractivity contribution is 7.92. The van der Waals surface area contributed by atoms with Crippen molar-refractivity contribution in [3.8, 4) is 0 Å². The highest BCUT2D eigenvalue weighted by Crippen LogP contribution is 2.20. The van der Waals surface area contributed by atoms with E-state index in [1.54, 1.807) is 24.3 Å². The second-order valence-electron chi connectivity index (χ2n) is 6.91. The molecule has 1 amide bonds. The topological polar surface area (TPSA) is 121 Å². The lowest BCUT2D eigenvalue weighted by molar-refractivity contribution is 0.102. The molecule has 0 saturated carbocycles. The van der Waals surface area contributed by atoms with Crippen molar-refractivity contribution in [1.82, 2.24) is 0 Å². The van der Waals surface area contributed by atoms with Gasteiger partial charge in [-0.25, -0.2) is 16.8 Å². The second kappa shape index (κ2) is 8.78. The molecule has 0 unspecified atom stereocenters. The maximum Gasteiger partial charge on any atom is 0.261 e. The summed E-state index contributed by atoms with van der Waals surface area (Å²) in [4.78, 5) is 12.5. The predicted octanol–water partition coefficient (Wildman–Crippen LogP) is 3.42. The first-order valence-corrected chi connectivity index (χ1v) is 12.5. The molecule has 0 spiro atoms. The minimum Gasteiger partial charge on any atom is -0.322 e. The molecule has 0 fully saturated rings. The Bertz CT molecular complexity index is 1320. The molecule has 0 saturated heterocycles. The SMILES string of the molecule is Cc1cccc(NS(=O)(=O)c2ccc(NC(=O)c3cccc(NS(C)(=O)=O)c3)cc2)c1. The van der Waals surface area contributed by atoms with Crippen molar-refractivity contribution >= 4 is 43.0 Å². The molecular weight excluding hydrogens is 438 g/mol. The Kier molecular flexibility index (Phi) is 6.32. The van der Waals surface area contributed by atoms with Gasteiger partial charge in [-0.2, -0.15) is 0 Å². The maximum atomic E-state index is 12.6. The largest absolute Gasteiger partial charge is 0.322 e. The van der Waals surface area contributed by atoms with Crippen LogP contribution in [-0.2, 0) is 20.0 Å². The Morgan fingerprint density at radius 1 is 0.742 bits per heavy atom. The highest BCUT2D eigenvalue weighted by atomic mass is 32.2. The lowest BCUT2D eigenvalue weighted by Gasteiger charge is -2.10. The number of aryl methyl sites for hydroxylation is 1. The van der Waals surface area contributed by atoms with Crippen LogP contribution in [0.3, 0.4) is 0 Å². The Balaban J connectivity index is 1.72. The number of benzene rings is 3. The van der Waals surface area contributed by atoms with Crippen LogP contribution >= 0.6 is 0 Å². The van der Waals surface area contributed by atoms with E-state index in [2.05, 4.69) is 14.8 Å². The van der Waals surface area contributed by atoms with Gasteiger partial charge in [-0.1, -0.05) is 18.2 Å². The van der Waals surface area contributed by atoms with Crippen LogP contribution in [0.5, 0.6) is 0 Å². The van der Waals surface area contributed by atoms with Gasteiger partial charge in [0.1, 0.15) is 0 Å². The quantitative estimate of drug-likeness (QED) is 0.500. The maximum absolute atomic E-state index is 12.6. The Morgan fingerprint density at radius 2 is 1.35 bits per heavy atom. The summed E-state index contributed by atoms with van der Waals surface area (Å²) in [6, 6.07) is 18.7. The van der Waals surface area contributed by atoms with Gasteiger partial charge in [0, 0.05) is 22.6 Å². The molecule has 0 aliphatic heterocycles. The fourth-order valence-electron chi connectivity index (χ4n) is 2.78. The molecule has 162 valence electrons. The molecule has 0 atom stereocenters. The average Bonchev–Trinajstić information content (AvgIpc) is 2.67. The van der Waals surface area contributed by atoms with E-state index in [1.807, 2.05) is 13.0 Å². The van der Waals surface area contributed by atoms with Crippen LogP contribution in [0.1, 0.15) is 15.9 Å². The van der Waals surface area contributed by atoms with Gasteiger partial charge in [-0.3, -0.25) is 14.2 Å². The van der Waals surface area contributed by atoms with Crippen molar-refractivity contribution in [2.75, 3.05) is 21.0 Å². The molecule has 3 aromatic carbocycles. The lowest BCUT2D eigenvalue weighted by atomic mass is 10.2. The van der Waals surface area contributed by atoms with E-state index < -0.39 is 26.0 Å². The normalized spacial score (nSPS) is 11.5. The zero-order valence-corrected chi connectivity index (χ0v) is 18.4. The van der Waals surface area contributed by atoms with E-state index in [9.17, 15) is 21.6 Å². The molecule has 3 N–H and O–H groups in total. The lowest BCUT2D eigenvalue weighted by Crippen LogP contribution is -2.15. The first kappa shape index (κ1) is 22.3. The van der Waals surface area contributed by atoms with E-state index >= 15 is 0 Å². The van der Waals surface area contributed by atoms with Crippen LogP contribution in [0, 0.1) is 6.92 Å². The Hall–Kier alpha value is -3.37. The van der Waals surface area contributed by atoms with Gasteiger partial charge in [0.2, 0.25) is 10.0 Å². The number of hydrogen-bond donors (Lipinski definition) is 3. The summed E-state index contributed by atoms with van der Waals surface area (Å²) < 4.78 is 52.7. The number of amides is 1. The van der Waals surface area contributed by atoms with Gasteiger partial charge in [0.15, 0.2) is 0 Å². The molecule has 8 nitrogen and oxygen atoms in total. The fourth-order valence-corrected chi connectivity index (χ4v) is 4.39. The number of hydrogen-bond acceptors (Lipinski definition) is 5. The second-order valence-corrected chi connectivity index (χ2v) is 10.3. The van der Waals surface area contributed by atoms with Crippen molar-refractivity contribution in [1.29, 1.82) is 0 Å². The standard InChI is InChI=1S/C21H21N3O5S2/c1-15-5-3-7-18(13-15)24-31(28,29)20-11-9-17(10-12-20)22-21(25)16-6-4-8-19(14-16)23-30(2,26)27/h3-14,23-24H,1-2H3,(H,22,25). The number of carbonyl (C=O) groups is 1. The number of nitrogens with one attached hydrogen (secondary N) is 3. The van der Waals surface area contributed by atoms with Crippen LogP contribution in [0.4, 0.5) is 17.1 Å². The third-order valence-corrected chi connectivity index (χ3v) is 6.12. The van der Waals surface area contributed by atoms with Crippen LogP contribution in [-0.4, -0.2) is 29.0 Å². The molecule has 3 aromatic rings. The zero-order valence-electron chi connectivity index (χ0n) is 16.8. The van der Waals surface area contributed by atoms with Gasteiger partial charge in [0.05, 0.1) is 11.2 Å². The van der Waals surface area contributed by atoms with Crippen molar-refractivity contribution in [3.63, 3.8) is 0 Å². The van der Waals surface area contributed by atoms with Gasteiger partial charge < -0.3 is 5.32 Å². The summed E-state index contributed by atoms with van der Waals surface area (Å²) in [6.45, 7) is 1.86. The van der Waals surface area contributed by atoms with Crippen LogP contribution in [0.25, 0.3) is 0 Å².